The van der Waals surface area contributed by atoms with Gasteiger partial charge in [-0.25, -0.2) is 18.6 Å². The highest BCUT2D eigenvalue weighted by atomic mass is 79.9. The first-order valence-corrected chi connectivity index (χ1v) is 3.98. The fourth-order valence-corrected chi connectivity index (χ4v) is 1.12. The highest BCUT2D eigenvalue weighted by molar-refractivity contribution is 9.10. The second-order valence-electron chi connectivity index (χ2n) is 2.21. The number of pyridine rings is 1. The molecule has 0 atom stereocenters. The topological polar surface area (TPSA) is 50.2 Å². The van der Waals surface area contributed by atoms with Crippen LogP contribution >= 0.6 is 15.9 Å². The van der Waals surface area contributed by atoms with Crippen molar-refractivity contribution in [2.24, 2.45) is 0 Å². The van der Waals surface area contributed by atoms with E-state index in [-0.39, 0.29) is 10.2 Å². The third-order valence-electron chi connectivity index (χ3n) is 1.35. The maximum absolute atomic E-state index is 12.2. The highest BCUT2D eigenvalue weighted by Crippen LogP contribution is 2.26. The van der Waals surface area contributed by atoms with Gasteiger partial charge < -0.3 is 5.11 Å². The molecule has 6 heteroatoms. The smallest absolute Gasteiger partial charge is 0.337 e. The van der Waals surface area contributed by atoms with E-state index in [1.807, 2.05) is 0 Å². The van der Waals surface area contributed by atoms with Crippen LogP contribution in [0.3, 0.4) is 0 Å². The van der Waals surface area contributed by atoms with Crippen LogP contribution < -0.4 is 0 Å². The summed E-state index contributed by atoms with van der Waals surface area (Å²) in [6.45, 7) is 0. The predicted molar refractivity (Wildman–Crippen MR) is 43.9 cm³/mol. The van der Waals surface area contributed by atoms with Crippen molar-refractivity contribution in [2.75, 3.05) is 0 Å². The Kier molecular flexibility index (Phi) is 2.92. The fraction of sp³-hybridized carbons (Fsp3) is 0.143. The van der Waals surface area contributed by atoms with Crippen LogP contribution in [0.15, 0.2) is 16.9 Å². The molecule has 13 heavy (non-hydrogen) atoms. The van der Waals surface area contributed by atoms with Crippen LogP contribution in [0.4, 0.5) is 8.78 Å². The van der Waals surface area contributed by atoms with Gasteiger partial charge >= 0.3 is 5.97 Å². The van der Waals surface area contributed by atoms with Gasteiger partial charge in [-0.15, -0.1) is 0 Å². The molecule has 1 aromatic rings. The van der Waals surface area contributed by atoms with E-state index in [9.17, 15) is 13.6 Å². The van der Waals surface area contributed by atoms with E-state index in [0.717, 1.165) is 12.3 Å². The van der Waals surface area contributed by atoms with E-state index in [2.05, 4.69) is 20.9 Å². The maximum atomic E-state index is 12.2. The lowest BCUT2D eigenvalue weighted by atomic mass is 10.2. The average molecular weight is 252 g/mol. The lowest BCUT2D eigenvalue weighted by Crippen LogP contribution is -2.00. The first kappa shape index (κ1) is 10.0. The Labute approximate surface area is 80.5 Å². The quantitative estimate of drug-likeness (QED) is 0.822. The third kappa shape index (κ3) is 2.21. The molecule has 0 aliphatic carbocycles. The van der Waals surface area contributed by atoms with Crippen molar-refractivity contribution >= 4 is 21.9 Å². The summed E-state index contributed by atoms with van der Waals surface area (Å²) in [5.41, 5.74) is -0.668. The van der Waals surface area contributed by atoms with Gasteiger partial charge in [-0.1, -0.05) is 0 Å². The molecule has 1 rings (SSSR count). The summed E-state index contributed by atoms with van der Waals surface area (Å²) in [5.74, 6) is -1.28. The molecule has 0 aliphatic rings. The molecule has 0 radical (unpaired) electrons. The summed E-state index contributed by atoms with van der Waals surface area (Å²) in [7, 11) is 0. The van der Waals surface area contributed by atoms with E-state index in [1.54, 1.807) is 0 Å². The number of rotatable bonds is 2. The number of aromatic nitrogens is 1. The van der Waals surface area contributed by atoms with Crippen molar-refractivity contribution in [3.63, 3.8) is 0 Å². The number of hydrogen-bond donors (Lipinski definition) is 1. The first-order valence-electron chi connectivity index (χ1n) is 3.19. The van der Waals surface area contributed by atoms with Gasteiger partial charge in [0, 0.05) is 6.20 Å². The molecule has 3 nitrogen and oxygen atoms in total. The van der Waals surface area contributed by atoms with Crippen molar-refractivity contribution in [1.29, 1.82) is 0 Å². The molecule has 0 saturated carbocycles. The highest BCUT2D eigenvalue weighted by Gasteiger charge is 2.15. The lowest BCUT2D eigenvalue weighted by molar-refractivity contribution is 0.0696. The molecule has 0 aromatic carbocycles. The van der Waals surface area contributed by atoms with Gasteiger partial charge in [-0.3, -0.25) is 0 Å². The van der Waals surface area contributed by atoms with E-state index in [0.29, 0.717) is 0 Å². The van der Waals surface area contributed by atoms with Crippen LogP contribution in [0.2, 0.25) is 0 Å². The standard InChI is InChI=1S/C7H4BrF2NO2/c8-5-4(6(9)10)1-3(2-11-5)7(12)13/h1-2,6H,(H,12,13). The number of carboxylic acid groups (broad SMARTS) is 1. The number of hydrogen-bond acceptors (Lipinski definition) is 2. The maximum Gasteiger partial charge on any atom is 0.337 e. The van der Waals surface area contributed by atoms with Gasteiger partial charge in [0.25, 0.3) is 6.43 Å². The van der Waals surface area contributed by atoms with Crippen LogP contribution in [0, 0.1) is 0 Å². The monoisotopic (exact) mass is 251 g/mol. The largest absolute Gasteiger partial charge is 0.478 e. The Bertz CT molecular complexity index is 343. The number of carboxylic acids is 1. The zero-order chi connectivity index (χ0) is 10.0. The summed E-state index contributed by atoms with van der Waals surface area (Å²) in [4.78, 5) is 13.9. The first-order chi connectivity index (χ1) is 6.02. The number of halogens is 3. The predicted octanol–water partition coefficient (Wildman–Crippen LogP) is 2.48. The van der Waals surface area contributed by atoms with Crippen LogP contribution in [-0.2, 0) is 0 Å². The molecule has 1 aromatic heterocycles. The second-order valence-corrected chi connectivity index (χ2v) is 2.96. The van der Waals surface area contributed by atoms with Gasteiger partial charge in [-0.05, 0) is 22.0 Å². The van der Waals surface area contributed by atoms with Crippen molar-refractivity contribution < 1.29 is 18.7 Å². The Morgan fingerprint density at radius 1 is 1.62 bits per heavy atom. The van der Waals surface area contributed by atoms with Crippen LogP contribution in [0.1, 0.15) is 22.3 Å². The zero-order valence-corrected chi connectivity index (χ0v) is 7.75. The third-order valence-corrected chi connectivity index (χ3v) is 2.01. The van der Waals surface area contributed by atoms with E-state index in [1.165, 1.54) is 0 Å². The summed E-state index contributed by atoms with van der Waals surface area (Å²) < 4.78 is 24.4. The van der Waals surface area contributed by atoms with Crippen molar-refractivity contribution in [1.82, 2.24) is 4.98 Å². The van der Waals surface area contributed by atoms with Gasteiger partial charge in [0.1, 0.15) is 4.60 Å². The molecule has 0 fully saturated rings. The summed E-state index contributed by atoms with van der Waals surface area (Å²) in [5, 5.41) is 8.48. The summed E-state index contributed by atoms with van der Waals surface area (Å²) >= 11 is 2.80. The Hall–Kier alpha value is -1.04. The van der Waals surface area contributed by atoms with E-state index >= 15 is 0 Å². The van der Waals surface area contributed by atoms with Gasteiger partial charge in [0.15, 0.2) is 0 Å². The van der Waals surface area contributed by atoms with Crippen molar-refractivity contribution in [3.8, 4) is 0 Å². The van der Waals surface area contributed by atoms with Gasteiger partial charge in [0.2, 0.25) is 0 Å². The van der Waals surface area contributed by atoms with Crippen LogP contribution in [0.25, 0.3) is 0 Å². The van der Waals surface area contributed by atoms with Crippen molar-refractivity contribution in [3.05, 3.63) is 28.0 Å². The Morgan fingerprint density at radius 3 is 2.69 bits per heavy atom. The van der Waals surface area contributed by atoms with Crippen LogP contribution in [-0.4, -0.2) is 16.1 Å². The molecule has 1 heterocycles. The zero-order valence-electron chi connectivity index (χ0n) is 6.17. The molecule has 0 amide bonds. The fourth-order valence-electron chi connectivity index (χ4n) is 0.735. The van der Waals surface area contributed by atoms with E-state index < -0.39 is 18.0 Å². The van der Waals surface area contributed by atoms with Crippen LogP contribution in [0.5, 0.6) is 0 Å². The molecular formula is C7H4BrF2NO2. The molecule has 70 valence electrons. The molecule has 0 bridgehead atoms. The lowest BCUT2D eigenvalue weighted by Gasteiger charge is -2.02. The molecule has 0 aliphatic heterocycles. The summed E-state index contributed by atoms with van der Waals surface area (Å²) in [6, 6.07) is 0.893. The summed E-state index contributed by atoms with van der Waals surface area (Å²) in [6.07, 6.45) is -1.72. The van der Waals surface area contributed by atoms with Crippen molar-refractivity contribution in [2.45, 2.75) is 6.43 Å². The number of nitrogens with zero attached hydrogens (tertiary/aromatic N) is 1. The number of aromatic carboxylic acids is 1. The second kappa shape index (κ2) is 3.78. The molecule has 1 N–H and O–H groups in total. The van der Waals surface area contributed by atoms with E-state index in [4.69, 9.17) is 5.11 Å². The molecule has 0 unspecified atom stereocenters. The Balaban J connectivity index is 3.19. The van der Waals surface area contributed by atoms with Gasteiger partial charge in [0.05, 0.1) is 11.1 Å². The Morgan fingerprint density at radius 2 is 2.23 bits per heavy atom. The minimum Gasteiger partial charge on any atom is -0.478 e. The number of alkyl halides is 2. The molecule has 0 saturated heterocycles. The molecular weight excluding hydrogens is 248 g/mol. The normalized spacial score (nSPS) is 10.5. The SMILES string of the molecule is O=C(O)c1cnc(Br)c(C(F)F)c1. The minimum atomic E-state index is -2.74. The molecule has 0 spiro atoms. The van der Waals surface area contributed by atoms with Gasteiger partial charge in [-0.2, -0.15) is 0 Å². The minimum absolute atomic E-state index is 0.0347. The number of carbonyl (C=O) groups is 1. The average Bonchev–Trinajstić information content (AvgIpc) is 2.04.